The van der Waals surface area contributed by atoms with Crippen molar-refractivity contribution in [3.63, 3.8) is 0 Å². The SMILES string of the molecule is CC(C)(C)OC(=O)C12CCCC(CO)(C1)C2. The Morgan fingerprint density at radius 1 is 1.31 bits per heavy atom. The van der Waals surface area contributed by atoms with Crippen LogP contribution < -0.4 is 0 Å². The zero-order chi connectivity index (χ0) is 12.0. The summed E-state index contributed by atoms with van der Waals surface area (Å²) in [6.07, 6.45) is 4.69. The Bertz CT molecular complexity index is 295. The fraction of sp³-hybridized carbons (Fsp3) is 0.923. The summed E-state index contributed by atoms with van der Waals surface area (Å²) < 4.78 is 5.49. The first-order chi connectivity index (χ1) is 7.31. The summed E-state index contributed by atoms with van der Waals surface area (Å²) >= 11 is 0. The van der Waals surface area contributed by atoms with E-state index in [1.807, 2.05) is 20.8 Å². The van der Waals surface area contributed by atoms with Gasteiger partial charge in [0.2, 0.25) is 0 Å². The van der Waals surface area contributed by atoms with Crippen molar-refractivity contribution in [1.82, 2.24) is 0 Å². The maximum atomic E-state index is 12.1. The van der Waals surface area contributed by atoms with Gasteiger partial charge in [-0.3, -0.25) is 4.79 Å². The van der Waals surface area contributed by atoms with Crippen LogP contribution in [-0.2, 0) is 9.53 Å². The van der Waals surface area contributed by atoms with Crippen LogP contribution in [0, 0.1) is 10.8 Å². The van der Waals surface area contributed by atoms with Crippen molar-refractivity contribution >= 4 is 5.97 Å². The third-order valence-electron chi connectivity index (χ3n) is 3.96. The van der Waals surface area contributed by atoms with Crippen molar-refractivity contribution < 1.29 is 14.6 Å². The molecule has 0 unspecified atom stereocenters. The summed E-state index contributed by atoms with van der Waals surface area (Å²) in [7, 11) is 0. The molecule has 3 nitrogen and oxygen atoms in total. The van der Waals surface area contributed by atoms with Gasteiger partial charge in [0.25, 0.3) is 0 Å². The fourth-order valence-electron chi connectivity index (χ4n) is 3.36. The average Bonchev–Trinajstić information content (AvgIpc) is 2.14. The van der Waals surface area contributed by atoms with Crippen molar-refractivity contribution in [1.29, 1.82) is 0 Å². The van der Waals surface area contributed by atoms with Gasteiger partial charge in [-0.25, -0.2) is 0 Å². The van der Waals surface area contributed by atoms with E-state index in [0.29, 0.717) is 0 Å². The van der Waals surface area contributed by atoms with E-state index in [-0.39, 0.29) is 23.4 Å². The lowest BCUT2D eigenvalue weighted by molar-refractivity contribution is -0.197. The Morgan fingerprint density at radius 3 is 2.44 bits per heavy atom. The molecule has 3 heteroatoms. The maximum absolute atomic E-state index is 12.1. The minimum atomic E-state index is -0.402. The van der Waals surface area contributed by atoms with Crippen LogP contribution in [0.3, 0.4) is 0 Å². The minimum Gasteiger partial charge on any atom is -0.460 e. The molecule has 3 aliphatic rings. The number of rotatable bonds is 2. The van der Waals surface area contributed by atoms with Crippen molar-refractivity contribution in [2.24, 2.45) is 10.8 Å². The first kappa shape index (κ1) is 11.9. The van der Waals surface area contributed by atoms with Crippen LogP contribution >= 0.6 is 0 Å². The highest BCUT2D eigenvalue weighted by atomic mass is 16.6. The molecule has 3 fully saturated rings. The molecule has 0 aliphatic heterocycles. The molecule has 3 saturated carbocycles. The summed E-state index contributed by atoms with van der Waals surface area (Å²) in [6.45, 7) is 5.94. The van der Waals surface area contributed by atoms with Crippen LogP contribution in [0.15, 0.2) is 0 Å². The van der Waals surface area contributed by atoms with Crippen LogP contribution in [-0.4, -0.2) is 23.3 Å². The van der Waals surface area contributed by atoms with Crippen LogP contribution in [0.25, 0.3) is 0 Å². The van der Waals surface area contributed by atoms with Crippen molar-refractivity contribution in [3.05, 3.63) is 0 Å². The van der Waals surface area contributed by atoms with Crippen molar-refractivity contribution in [2.45, 2.75) is 58.5 Å². The Hall–Kier alpha value is -0.570. The van der Waals surface area contributed by atoms with Gasteiger partial charge in [0.05, 0.1) is 5.41 Å². The summed E-state index contributed by atoms with van der Waals surface area (Å²) in [5.74, 6) is -0.0521. The molecule has 3 rings (SSSR count). The molecule has 0 aromatic rings. The molecule has 0 heterocycles. The number of aliphatic hydroxyl groups is 1. The van der Waals surface area contributed by atoms with Gasteiger partial charge in [0, 0.05) is 6.61 Å². The standard InChI is InChI=1S/C13H22O3/c1-11(2,3)16-10(15)13-6-4-5-12(7-13,8-13)9-14/h14H,4-9H2,1-3H3. The summed E-state index contributed by atoms with van der Waals surface area (Å²) in [6, 6.07) is 0. The molecule has 0 atom stereocenters. The Balaban J connectivity index is 2.03. The quantitative estimate of drug-likeness (QED) is 0.735. The molecule has 92 valence electrons. The van der Waals surface area contributed by atoms with E-state index in [4.69, 9.17) is 4.74 Å². The van der Waals surface area contributed by atoms with Gasteiger partial charge >= 0.3 is 5.97 Å². The highest BCUT2D eigenvalue weighted by molar-refractivity contribution is 5.79. The highest BCUT2D eigenvalue weighted by Gasteiger charge is 2.61. The molecular formula is C13H22O3. The molecule has 0 radical (unpaired) electrons. The number of hydrogen-bond acceptors (Lipinski definition) is 3. The molecule has 0 aromatic heterocycles. The second-order valence-corrected chi connectivity index (χ2v) is 6.65. The molecule has 1 N–H and O–H groups in total. The Kier molecular flexibility index (Phi) is 2.57. The van der Waals surface area contributed by atoms with Crippen molar-refractivity contribution in [2.75, 3.05) is 6.61 Å². The molecule has 0 amide bonds. The topological polar surface area (TPSA) is 46.5 Å². The van der Waals surface area contributed by atoms with E-state index in [1.54, 1.807) is 0 Å². The van der Waals surface area contributed by atoms with Crippen molar-refractivity contribution in [3.8, 4) is 0 Å². The van der Waals surface area contributed by atoms with E-state index in [2.05, 4.69) is 0 Å². The van der Waals surface area contributed by atoms with Gasteiger partial charge in [-0.05, 0) is 51.9 Å². The van der Waals surface area contributed by atoms with Gasteiger partial charge in [-0.1, -0.05) is 6.42 Å². The summed E-state index contributed by atoms with van der Waals surface area (Å²) in [5, 5.41) is 9.36. The first-order valence-electron chi connectivity index (χ1n) is 6.15. The lowest BCUT2D eigenvalue weighted by Crippen LogP contribution is -2.57. The summed E-state index contributed by atoms with van der Waals surface area (Å²) in [5.41, 5.74) is -0.635. The van der Waals surface area contributed by atoms with E-state index in [1.165, 1.54) is 0 Å². The van der Waals surface area contributed by atoms with Gasteiger partial charge in [0.1, 0.15) is 5.60 Å². The molecule has 3 aliphatic carbocycles. The minimum absolute atomic E-state index is 0.0369. The van der Waals surface area contributed by atoms with Gasteiger partial charge in [-0.2, -0.15) is 0 Å². The number of hydrogen-bond donors (Lipinski definition) is 1. The smallest absolute Gasteiger partial charge is 0.312 e. The zero-order valence-corrected chi connectivity index (χ0v) is 10.5. The fourth-order valence-corrected chi connectivity index (χ4v) is 3.36. The third-order valence-corrected chi connectivity index (χ3v) is 3.96. The van der Waals surface area contributed by atoms with E-state index in [9.17, 15) is 9.90 Å². The molecule has 0 aromatic carbocycles. The monoisotopic (exact) mass is 226 g/mol. The molecule has 2 bridgehead atoms. The molecule has 0 saturated heterocycles. The van der Waals surface area contributed by atoms with Gasteiger partial charge in [-0.15, -0.1) is 0 Å². The second kappa shape index (κ2) is 3.46. The van der Waals surface area contributed by atoms with Crippen LogP contribution in [0.4, 0.5) is 0 Å². The van der Waals surface area contributed by atoms with E-state index < -0.39 is 5.60 Å². The average molecular weight is 226 g/mol. The first-order valence-corrected chi connectivity index (χ1v) is 6.15. The number of fused-ring (bicyclic) bond motifs is 2. The largest absolute Gasteiger partial charge is 0.460 e. The number of carbonyl (C=O) groups excluding carboxylic acids is 1. The number of ether oxygens (including phenoxy) is 1. The zero-order valence-electron chi connectivity index (χ0n) is 10.5. The Morgan fingerprint density at radius 2 is 1.94 bits per heavy atom. The third kappa shape index (κ3) is 1.86. The van der Waals surface area contributed by atoms with E-state index in [0.717, 1.165) is 32.1 Å². The highest BCUT2D eigenvalue weighted by Crippen LogP contribution is 2.64. The second-order valence-electron chi connectivity index (χ2n) is 6.65. The van der Waals surface area contributed by atoms with Gasteiger partial charge in [0.15, 0.2) is 0 Å². The van der Waals surface area contributed by atoms with Crippen LogP contribution in [0.5, 0.6) is 0 Å². The van der Waals surface area contributed by atoms with Crippen LogP contribution in [0.1, 0.15) is 52.9 Å². The summed E-state index contributed by atoms with van der Waals surface area (Å²) in [4.78, 5) is 12.1. The van der Waals surface area contributed by atoms with Crippen LogP contribution in [0.2, 0.25) is 0 Å². The maximum Gasteiger partial charge on any atom is 0.312 e. The normalized spacial score (nSPS) is 37.8. The predicted molar refractivity (Wildman–Crippen MR) is 60.9 cm³/mol. The Labute approximate surface area is 97.2 Å². The lowest BCUT2D eigenvalue weighted by atomic mass is 9.46. The molecule has 16 heavy (non-hydrogen) atoms. The molecule has 0 spiro atoms. The predicted octanol–water partition coefficient (Wildman–Crippen LogP) is 2.27. The number of aliphatic hydroxyl groups excluding tert-OH is 1. The number of esters is 1. The van der Waals surface area contributed by atoms with E-state index >= 15 is 0 Å². The lowest BCUT2D eigenvalue weighted by Gasteiger charge is -2.58. The van der Waals surface area contributed by atoms with Gasteiger partial charge < -0.3 is 9.84 Å². The number of carbonyl (C=O) groups is 1. The molecular weight excluding hydrogens is 204 g/mol.